The molecule has 7 heteroatoms. The lowest BCUT2D eigenvalue weighted by molar-refractivity contribution is -0.272. The van der Waals surface area contributed by atoms with Gasteiger partial charge in [0.15, 0.2) is 5.60 Å². The molecule has 1 rings (SSSR count). The summed E-state index contributed by atoms with van der Waals surface area (Å²) in [6, 6.07) is 4.00. The number of hydrogen-bond acceptors (Lipinski definition) is 4. The molecule has 1 aliphatic rings. The van der Waals surface area contributed by atoms with E-state index >= 15 is 0 Å². The van der Waals surface area contributed by atoms with E-state index in [1.54, 1.807) is 4.90 Å². The lowest BCUT2D eigenvalue weighted by Crippen LogP contribution is -2.53. The minimum Gasteiger partial charge on any atom is -0.380 e. The molecular weight excluding hydrogens is 259 g/mol. The first-order chi connectivity index (χ1) is 8.82. The highest BCUT2D eigenvalue weighted by molar-refractivity contribution is 4.94. The molecule has 1 heterocycles. The molecular formula is C12H16F3N3O. The van der Waals surface area contributed by atoms with Crippen LogP contribution in [-0.4, -0.2) is 41.4 Å². The van der Waals surface area contributed by atoms with E-state index in [4.69, 9.17) is 10.5 Å². The van der Waals surface area contributed by atoms with Gasteiger partial charge < -0.3 is 10.0 Å². The van der Waals surface area contributed by atoms with Gasteiger partial charge in [0.1, 0.15) is 0 Å². The smallest absolute Gasteiger partial charge is 0.380 e. The van der Waals surface area contributed by atoms with E-state index in [1.807, 2.05) is 6.07 Å². The van der Waals surface area contributed by atoms with Crippen LogP contribution in [0.25, 0.3) is 0 Å². The van der Waals surface area contributed by atoms with Gasteiger partial charge in [0.25, 0.3) is 0 Å². The lowest BCUT2D eigenvalue weighted by Gasteiger charge is -2.39. The minimum absolute atomic E-state index is 0.112. The normalized spacial score (nSPS) is 21.4. The third-order valence-electron chi connectivity index (χ3n) is 3.48. The lowest BCUT2D eigenvalue weighted by atomic mass is 9.90. The number of rotatable bonds is 4. The summed E-state index contributed by atoms with van der Waals surface area (Å²) in [6.07, 6.45) is -4.65. The van der Waals surface area contributed by atoms with Gasteiger partial charge in [0, 0.05) is 26.1 Å². The summed E-state index contributed by atoms with van der Waals surface area (Å²) in [6.45, 7) is 0.577. The molecule has 0 aromatic carbocycles. The van der Waals surface area contributed by atoms with Crippen LogP contribution < -0.4 is 0 Å². The summed E-state index contributed by atoms with van der Waals surface area (Å²) in [7, 11) is 0. The zero-order valence-corrected chi connectivity index (χ0v) is 10.4. The average Bonchev–Trinajstić information content (AvgIpc) is 2.35. The summed E-state index contributed by atoms with van der Waals surface area (Å²) in [5.41, 5.74) is -2.60. The Balaban J connectivity index is 2.47. The van der Waals surface area contributed by atoms with Gasteiger partial charge in [0.05, 0.1) is 18.1 Å². The van der Waals surface area contributed by atoms with Crippen molar-refractivity contribution in [1.29, 1.82) is 10.5 Å². The van der Waals surface area contributed by atoms with Gasteiger partial charge in [-0.3, -0.25) is 0 Å². The van der Waals surface area contributed by atoms with E-state index in [-0.39, 0.29) is 38.3 Å². The second-order valence-corrected chi connectivity index (χ2v) is 4.85. The molecule has 1 atom stereocenters. The number of halogens is 3. The molecule has 106 valence electrons. The van der Waals surface area contributed by atoms with E-state index in [0.29, 0.717) is 13.0 Å². The molecule has 0 spiro atoms. The van der Waals surface area contributed by atoms with Crippen LogP contribution in [0.15, 0.2) is 0 Å². The minimum atomic E-state index is -4.60. The molecule has 0 aromatic rings. The van der Waals surface area contributed by atoms with Gasteiger partial charge in [-0.1, -0.05) is 0 Å². The quantitative estimate of drug-likeness (QED) is 0.849. The number of piperidine rings is 1. The molecule has 0 aliphatic carbocycles. The first-order valence-corrected chi connectivity index (χ1v) is 6.10. The molecule has 0 bridgehead atoms. The molecule has 0 amide bonds. The second-order valence-electron chi connectivity index (χ2n) is 4.85. The Morgan fingerprint density at radius 2 is 1.84 bits per heavy atom. The Morgan fingerprint density at radius 1 is 1.26 bits per heavy atom. The van der Waals surface area contributed by atoms with Crippen molar-refractivity contribution in [2.45, 2.75) is 37.5 Å². The first-order valence-electron chi connectivity index (χ1n) is 6.10. The van der Waals surface area contributed by atoms with Gasteiger partial charge in [-0.15, -0.1) is 0 Å². The van der Waals surface area contributed by atoms with Crippen molar-refractivity contribution in [2.75, 3.05) is 19.6 Å². The molecule has 0 radical (unpaired) electrons. The van der Waals surface area contributed by atoms with Crippen LogP contribution in [0.2, 0.25) is 0 Å². The molecule has 4 nitrogen and oxygen atoms in total. The van der Waals surface area contributed by atoms with Crippen molar-refractivity contribution in [2.24, 2.45) is 5.92 Å². The summed E-state index contributed by atoms with van der Waals surface area (Å²) in [4.78, 5) is 1.74. The second kappa shape index (κ2) is 6.23. The van der Waals surface area contributed by atoms with E-state index in [1.165, 1.54) is 0 Å². The van der Waals surface area contributed by atoms with Crippen LogP contribution in [0.3, 0.4) is 0 Å². The van der Waals surface area contributed by atoms with Gasteiger partial charge >= 0.3 is 6.18 Å². The fourth-order valence-corrected chi connectivity index (χ4v) is 2.14. The SMILES string of the molecule is N#CCCC(C#N)CN1CCC(O)(C(F)(F)F)CC1. The molecule has 1 aliphatic heterocycles. The Kier molecular flexibility index (Phi) is 5.16. The van der Waals surface area contributed by atoms with Crippen LogP contribution >= 0.6 is 0 Å². The first kappa shape index (κ1) is 15.7. The maximum Gasteiger partial charge on any atom is 0.417 e. The molecule has 1 saturated heterocycles. The van der Waals surface area contributed by atoms with Crippen molar-refractivity contribution in [3.05, 3.63) is 0 Å². The fourth-order valence-electron chi connectivity index (χ4n) is 2.14. The van der Waals surface area contributed by atoms with Gasteiger partial charge in [-0.2, -0.15) is 23.7 Å². The Hall–Kier alpha value is -1.31. The van der Waals surface area contributed by atoms with Crippen molar-refractivity contribution in [1.82, 2.24) is 4.90 Å². The number of alkyl halides is 3. The predicted octanol–water partition coefficient (Wildman–Crippen LogP) is 1.82. The van der Waals surface area contributed by atoms with Crippen LogP contribution in [0, 0.1) is 28.6 Å². The zero-order chi connectivity index (χ0) is 14.5. The highest BCUT2D eigenvalue weighted by atomic mass is 19.4. The molecule has 1 unspecified atom stereocenters. The van der Waals surface area contributed by atoms with Crippen LogP contribution in [-0.2, 0) is 0 Å². The Labute approximate surface area is 110 Å². The van der Waals surface area contributed by atoms with Crippen LogP contribution in [0.1, 0.15) is 25.7 Å². The maximum absolute atomic E-state index is 12.6. The van der Waals surface area contributed by atoms with E-state index in [2.05, 4.69) is 6.07 Å². The average molecular weight is 275 g/mol. The number of aliphatic hydroxyl groups is 1. The number of likely N-dealkylation sites (tertiary alicyclic amines) is 1. The van der Waals surface area contributed by atoms with Crippen molar-refractivity contribution >= 4 is 0 Å². The third-order valence-corrected chi connectivity index (χ3v) is 3.48. The number of hydrogen-bond donors (Lipinski definition) is 1. The monoisotopic (exact) mass is 275 g/mol. The summed E-state index contributed by atoms with van der Waals surface area (Å²) in [5, 5.41) is 26.8. The van der Waals surface area contributed by atoms with Crippen LogP contribution in [0.4, 0.5) is 13.2 Å². The van der Waals surface area contributed by atoms with Gasteiger partial charge in [0.2, 0.25) is 0 Å². The maximum atomic E-state index is 12.6. The molecule has 1 fully saturated rings. The summed E-state index contributed by atoms with van der Waals surface area (Å²) < 4.78 is 37.8. The molecule has 0 aromatic heterocycles. The molecule has 1 N–H and O–H groups in total. The van der Waals surface area contributed by atoms with E-state index in [0.717, 1.165) is 0 Å². The summed E-state index contributed by atoms with van der Waals surface area (Å²) >= 11 is 0. The summed E-state index contributed by atoms with van der Waals surface area (Å²) in [5.74, 6) is -0.350. The standard InChI is InChI=1S/C12H16F3N3O/c13-12(14,15)11(19)3-6-18(7-4-11)9-10(8-17)2-1-5-16/h10,19H,1-4,6-7,9H2. The van der Waals surface area contributed by atoms with E-state index in [9.17, 15) is 18.3 Å². The largest absolute Gasteiger partial charge is 0.417 e. The van der Waals surface area contributed by atoms with Crippen molar-refractivity contribution < 1.29 is 18.3 Å². The van der Waals surface area contributed by atoms with Gasteiger partial charge in [-0.05, 0) is 19.3 Å². The Morgan fingerprint density at radius 3 is 2.26 bits per heavy atom. The molecule has 0 saturated carbocycles. The van der Waals surface area contributed by atoms with E-state index < -0.39 is 11.8 Å². The van der Waals surface area contributed by atoms with Crippen LogP contribution in [0.5, 0.6) is 0 Å². The highest BCUT2D eigenvalue weighted by Crippen LogP contribution is 2.38. The Bertz CT molecular complexity index is 375. The van der Waals surface area contributed by atoms with Crippen molar-refractivity contribution in [3.8, 4) is 12.1 Å². The number of nitrogens with zero attached hydrogens (tertiary/aromatic N) is 3. The molecule has 19 heavy (non-hydrogen) atoms. The van der Waals surface area contributed by atoms with Gasteiger partial charge in [-0.25, -0.2) is 0 Å². The zero-order valence-electron chi connectivity index (χ0n) is 10.4. The highest BCUT2D eigenvalue weighted by Gasteiger charge is 2.54. The predicted molar refractivity (Wildman–Crippen MR) is 60.6 cm³/mol. The fraction of sp³-hybridized carbons (Fsp3) is 0.833. The number of nitriles is 2. The topological polar surface area (TPSA) is 71.0 Å². The van der Waals surface area contributed by atoms with Crippen molar-refractivity contribution in [3.63, 3.8) is 0 Å². The third kappa shape index (κ3) is 4.09.